The molecule has 25 heavy (non-hydrogen) atoms. The van der Waals surface area contributed by atoms with Crippen molar-refractivity contribution in [2.45, 2.75) is 58.4 Å². The van der Waals surface area contributed by atoms with E-state index in [0.717, 1.165) is 32.1 Å². The van der Waals surface area contributed by atoms with Gasteiger partial charge in [0.2, 0.25) is 0 Å². The zero-order valence-corrected chi connectivity index (χ0v) is 15.0. The van der Waals surface area contributed by atoms with Crippen LogP contribution in [0.2, 0.25) is 0 Å². The molecule has 1 aliphatic carbocycles. The highest BCUT2D eigenvalue weighted by Crippen LogP contribution is 2.25. The van der Waals surface area contributed by atoms with Gasteiger partial charge in [0.1, 0.15) is 0 Å². The van der Waals surface area contributed by atoms with Crippen molar-refractivity contribution >= 4 is 17.7 Å². The maximum absolute atomic E-state index is 12.6. The van der Waals surface area contributed by atoms with Crippen molar-refractivity contribution in [2.24, 2.45) is 5.92 Å². The topological polar surface area (TPSA) is 66.5 Å². The molecule has 0 aromatic heterocycles. The largest absolute Gasteiger partial charge is 0.349 e. The second kappa shape index (κ2) is 7.38. The first-order valence-corrected chi connectivity index (χ1v) is 9.28. The molecule has 2 aliphatic rings. The average Bonchev–Trinajstić information content (AvgIpc) is 2.84. The number of hydrogen-bond donors (Lipinski definition) is 1. The molecule has 0 spiro atoms. The number of benzene rings is 1. The number of nitrogens with one attached hydrogen (secondary N) is 1. The van der Waals surface area contributed by atoms with Crippen molar-refractivity contribution in [3.05, 3.63) is 34.9 Å². The number of amides is 3. The zero-order valence-electron chi connectivity index (χ0n) is 15.0. The van der Waals surface area contributed by atoms with E-state index in [1.54, 1.807) is 18.2 Å². The van der Waals surface area contributed by atoms with Crippen molar-refractivity contribution in [2.75, 3.05) is 6.54 Å². The summed E-state index contributed by atoms with van der Waals surface area (Å²) in [7, 11) is 0. The van der Waals surface area contributed by atoms with Gasteiger partial charge in [0, 0.05) is 18.2 Å². The van der Waals surface area contributed by atoms with Crippen LogP contribution in [0.1, 0.15) is 83.4 Å². The summed E-state index contributed by atoms with van der Waals surface area (Å²) in [5.41, 5.74) is 1.21. The van der Waals surface area contributed by atoms with Crippen LogP contribution in [0.25, 0.3) is 0 Å². The summed E-state index contributed by atoms with van der Waals surface area (Å²) in [4.78, 5) is 38.8. The van der Waals surface area contributed by atoms with E-state index >= 15 is 0 Å². The minimum Gasteiger partial charge on any atom is -0.349 e. The fraction of sp³-hybridized carbons (Fsp3) is 0.550. The first-order chi connectivity index (χ1) is 12.0. The molecule has 1 saturated carbocycles. The van der Waals surface area contributed by atoms with Crippen molar-refractivity contribution in [3.8, 4) is 0 Å². The van der Waals surface area contributed by atoms with Crippen LogP contribution < -0.4 is 5.32 Å². The van der Waals surface area contributed by atoms with Gasteiger partial charge < -0.3 is 5.32 Å². The smallest absolute Gasteiger partial charge is 0.261 e. The Labute approximate surface area is 148 Å². The quantitative estimate of drug-likeness (QED) is 0.834. The van der Waals surface area contributed by atoms with Gasteiger partial charge in [-0.15, -0.1) is 0 Å². The van der Waals surface area contributed by atoms with Gasteiger partial charge in [0.25, 0.3) is 17.7 Å². The molecule has 1 fully saturated rings. The highest BCUT2D eigenvalue weighted by molar-refractivity contribution is 6.22. The lowest BCUT2D eigenvalue weighted by Crippen LogP contribution is -2.36. The maximum Gasteiger partial charge on any atom is 0.261 e. The van der Waals surface area contributed by atoms with Crippen molar-refractivity contribution in [1.82, 2.24) is 10.2 Å². The van der Waals surface area contributed by atoms with Crippen LogP contribution in [0.5, 0.6) is 0 Å². The Bertz CT molecular complexity index is 690. The number of carbonyl (C=O) groups excluding carboxylic acids is 3. The highest BCUT2D eigenvalue weighted by Gasteiger charge is 2.35. The van der Waals surface area contributed by atoms with E-state index < -0.39 is 0 Å². The summed E-state index contributed by atoms with van der Waals surface area (Å²) in [6, 6.07) is 5.05. The third-order valence-electron chi connectivity index (χ3n) is 5.10. The van der Waals surface area contributed by atoms with E-state index in [4.69, 9.17) is 0 Å². The van der Waals surface area contributed by atoms with Gasteiger partial charge in [-0.05, 0) is 43.4 Å². The van der Waals surface area contributed by atoms with Crippen LogP contribution in [0, 0.1) is 5.92 Å². The Morgan fingerprint density at radius 1 is 1.12 bits per heavy atom. The minimum atomic E-state index is -0.284. The van der Waals surface area contributed by atoms with Crippen LogP contribution >= 0.6 is 0 Å². The molecular formula is C20H26N2O3. The van der Waals surface area contributed by atoms with Crippen molar-refractivity contribution in [3.63, 3.8) is 0 Å². The average molecular weight is 342 g/mol. The van der Waals surface area contributed by atoms with E-state index in [1.165, 1.54) is 11.3 Å². The fourth-order valence-corrected chi connectivity index (χ4v) is 3.54. The molecule has 3 amide bonds. The van der Waals surface area contributed by atoms with Crippen LogP contribution in [0.3, 0.4) is 0 Å². The molecule has 3 rings (SSSR count). The summed E-state index contributed by atoms with van der Waals surface area (Å²) in [5.74, 6) is -0.274. The Morgan fingerprint density at radius 2 is 1.80 bits per heavy atom. The minimum absolute atomic E-state index is 0.157. The summed E-state index contributed by atoms with van der Waals surface area (Å²) in [6.45, 7) is 4.55. The van der Waals surface area contributed by atoms with Gasteiger partial charge in [-0.1, -0.05) is 33.1 Å². The SMILES string of the molecule is CC(C)CCN1C(=O)c2ccc(C(=O)NC3CCCCC3)cc2C1=O. The molecule has 5 heteroatoms. The predicted molar refractivity (Wildman–Crippen MR) is 95.6 cm³/mol. The van der Waals surface area contributed by atoms with Gasteiger partial charge in [-0.3, -0.25) is 19.3 Å². The molecular weight excluding hydrogens is 316 g/mol. The molecule has 1 heterocycles. The van der Waals surface area contributed by atoms with Gasteiger partial charge >= 0.3 is 0 Å². The Hall–Kier alpha value is -2.17. The van der Waals surface area contributed by atoms with Gasteiger partial charge in [0.05, 0.1) is 11.1 Å². The van der Waals surface area contributed by atoms with E-state index in [-0.39, 0.29) is 23.8 Å². The normalized spacial score (nSPS) is 18.0. The van der Waals surface area contributed by atoms with E-state index in [2.05, 4.69) is 19.2 Å². The lowest BCUT2D eigenvalue weighted by atomic mass is 9.95. The number of imide groups is 1. The summed E-state index contributed by atoms with van der Waals surface area (Å²) in [6.07, 6.45) is 6.32. The summed E-state index contributed by atoms with van der Waals surface area (Å²) in [5, 5.41) is 3.05. The molecule has 0 saturated heterocycles. The Kier molecular flexibility index (Phi) is 5.21. The second-order valence-electron chi connectivity index (χ2n) is 7.51. The molecule has 134 valence electrons. The van der Waals surface area contributed by atoms with Gasteiger partial charge in [-0.25, -0.2) is 0 Å². The summed E-state index contributed by atoms with van der Waals surface area (Å²) >= 11 is 0. The maximum atomic E-state index is 12.6. The van der Waals surface area contributed by atoms with Crippen LogP contribution in [0.15, 0.2) is 18.2 Å². The van der Waals surface area contributed by atoms with E-state index in [9.17, 15) is 14.4 Å². The number of carbonyl (C=O) groups is 3. The van der Waals surface area contributed by atoms with E-state index in [0.29, 0.717) is 29.2 Å². The standard InChI is InChI=1S/C20H26N2O3/c1-13(2)10-11-22-19(24)16-9-8-14(12-17(16)20(22)25)18(23)21-15-6-4-3-5-7-15/h8-9,12-13,15H,3-7,10-11H2,1-2H3,(H,21,23). The molecule has 1 aromatic rings. The molecule has 1 aromatic carbocycles. The Morgan fingerprint density at radius 3 is 2.48 bits per heavy atom. The third-order valence-corrected chi connectivity index (χ3v) is 5.10. The van der Waals surface area contributed by atoms with Crippen LogP contribution in [0.4, 0.5) is 0 Å². The first kappa shape index (κ1) is 17.6. The number of nitrogens with zero attached hydrogens (tertiary/aromatic N) is 1. The Balaban J connectivity index is 1.73. The lowest BCUT2D eigenvalue weighted by Gasteiger charge is -2.22. The monoisotopic (exact) mass is 342 g/mol. The molecule has 0 atom stereocenters. The van der Waals surface area contributed by atoms with Crippen LogP contribution in [-0.4, -0.2) is 35.2 Å². The first-order valence-electron chi connectivity index (χ1n) is 9.28. The fourth-order valence-electron chi connectivity index (χ4n) is 3.54. The van der Waals surface area contributed by atoms with Crippen LogP contribution in [-0.2, 0) is 0 Å². The molecule has 0 bridgehead atoms. The third kappa shape index (κ3) is 3.75. The highest BCUT2D eigenvalue weighted by atomic mass is 16.2. The van der Waals surface area contributed by atoms with Gasteiger partial charge in [-0.2, -0.15) is 0 Å². The molecule has 0 radical (unpaired) electrons. The van der Waals surface area contributed by atoms with Crippen molar-refractivity contribution < 1.29 is 14.4 Å². The zero-order chi connectivity index (χ0) is 18.0. The molecule has 5 nitrogen and oxygen atoms in total. The molecule has 1 N–H and O–H groups in total. The van der Waals surface area contributed by atoms with E-state index in [1.807, 2.05) is 0 Å². The second-order valence-corrected chi connectivity index (χ2v) is 7.51. The summed E-state index contributed by atoms with van der Waals surface area (Å²) < 4.78 is 0. The number of hydrogen-bond acceptors (Lipinski definition) is 3. The predicted octanol–water partition coefficient (Wildman–Crippen LogP) is 3.39. The van der Waals surface area contributed by atoms with Crippen molar-refractivity contribution in [1.29, 1.82) is 0 Å². The molecule has 0 unspecified atom stereocenters. The van der Waals surface area contributed by atoms with Gasteiger partial charge in [0.15, 0.2) is 0 Å². The molecule has 1 aliphatic heterocycles. The number of fused-ring (bicyclic) bond motifs is 1. The number of rotatable bonds is 5. The lowest BCUT2D eigenvalue weighted by molar-refractivity contribution is 0.0647.